The van der Waals surface area contributed by atoms with Crippen LogP contribution in [0.2, 0.25) is 6.04 Å². The highest BCUT2D eigenvalue weighted by molar-refractivity contribution is 6.60. The van der Waals surface area contributed by atoms with E-state index in [0.29, 0.717) is 26.4 Å². The maximum absolute atomic E-state index is 5.86. The normalized spacial score (nSPS) is 11.8. The summed E-state index contributed by atoms with van der Waals surface area (Å²) in [6.07, 6.45) is 0.807. The molecule has 0 aliphatic rings. The molecule has 0 bridgehead atoms. The Morgan fingerprint density at radius 3 is 1.79 bits per heavy atom. The number of benzene rings is 2. The fraction of sp³-hybridized carbons (Fsp3) is 0.429. The minimum atomic E-state index is -2.59. The van der Waals surface area contributed by atoms with Crippen molar-refractivity contribution in [1.82, 2.24) is 0 Å². The first-order valence-electron chi connectivity index (χ1n) is 9.83. The van der Waals surface area contributed by atoms with Gasteiger partial charge >= 0.3 is 8.80 Å². The molecule has 0 aliphatic heterocycles. The van der Waals surface area contributed by atoms with Gasteiger partial charge in [0.2, 0.25) is 0 Å². The SMILES string of the molecule is CCO[Si](CCCOc1ccc(N=Nc2ccccc2)cc1)(OCC)OCC. The van der Waals surface area contributed by atoms with Crippen LogP contribution in [0.3, 0.4) is 0 Å². The van der Waals surface area contributed by atoms with E-state index in [9.17, 15) is 0 Å². The second-order valence-corrected chi connectivity index (χ2v) is 8.70. The molecule has 2 rings (SSSR count). The quantitative estimate of drug-likeness (QED) is 0.237. The predicted octanol–water partition coefficient (Wildman–Crippen LogP) is 5.92. The van der Waals surface area contributed by atoms with Gasteiger partial charge in [0.1, 0.15) is 5.75 Å². The van der Waals surface area contributed by atoms with Crippen LogP contribution >= 0.6 is 0 Å². The standard InChI is InChI=1S/C21H30N2O4Si/c1-4-25-28(26-5-2,27-6-3)18-10-17-24-21-15-13-20(14-16-21)23-22-19-11-8-7-9-12-19/h7-9,11-16H,4-6,10,17-18H2,1-3H3. The fourth-order valence-electron chi connectivity index (χ4n) is 2.70. The lowest BCUT2D eigenvalue weighted by molar-refractivity contribution is 0.0696. The topological polar surface area (TPSA) is 61.6 Å². The van der Waals surface area contributed by atoms with E-state index < -0.39 is 8.80 Å². The number of hydrogen-bond acceptors (Lipinski definition) is 6. The summed E-state index contributed by atoms with van der Waals surface area (Å²) < 4.78 is 23.4. The van der Waals surface area contributed by atoms with Crippen LogP contribution in [0.1, 0.15) is 27.2 Å². The van der Waals surface area contributed by atoms with E-state index in [0.717, 1.165) is 29.6 Å². The maximum Gasteiger partial charge on any atom is 0.501 e. The molecule has 0 saturated heterocycles. The van der Waals surface area contributed by atoms with E-state index in [2.05, 4.69) is 10.2 Å². The second kappa shape index (κ2) is 12.4. The summed E-state index contributed by atoms with van der Waals surface area (Å²) >= 11 is 0. The van der Waals surface area contributed by atoms with Crippen molar-refractivity contribution in [2.75, 3.05) is 26.4 Å². The van der Waals surface area contributed by atoms with Crippen LogP contribution in [-0.4, -0.2) is 35.2 Å². The molecular formula is C21H30N2O4Si. The van der Waals surface area contributed by atoms with Crippen LogP contribution in [0.5, 0.6) is 5.75 Å². The molecule has 0 heterocycles. The summed E-state index contributed by atoms with van der Waals surface area (Å²) in [6.45, 7) is 8.24. The summed E-state index contributed by atoms with van der Waals surface area (Å²) in [4.78, 5) is 0. The number of hydrogen-bond donors (Lipinski definition) is 0. The minimum absolute atomic E-state index is 0.576. The van der Waals surface area contributed by atoms with Gasteiger partial charge in [0.25, 0.3) is 0 Å². The van der Waals surface area contributed by atoms with Crippen LogP contribution in [0, 0.1) is 0 Å². The second-order valence-electron chi connectivity index (χ2n) is 5.96. The zero-order valence-electron chi connectivity index (χ0n) is 17.0. The maximum atomic E-state index is 5.86. The summed E-state index contributed by atoms with van der Waals surface area (Å²) in [5.74, 6) is 0.801. The molecule has 28 heavy (non-hydrogen) atoms. The fourth-order valence-corrected chi connectivity index (χ4v) is 5.28. The lowest BCUT2D eigenvalue weighted by atomic mass is 10.3. The molecule has 0 aliphatic carbocycles. The first-order valence-corrected chi connectivity index (χ1v) is 11.8. The first kappa shape index (κ1) is 22.2. The average Bonchev–Trinajstić information content (AvgIpc) is 2.72. The monoisotopic (exact) mass is 402 g/mol. The van der Waals surface area contributed by atoms with Crippen molar-refractivity contribution >= 4 is 20.2 Å². The molecule has 0 aromatic heterocycles. The Morgan fingerprint density at radius 1 is 0.714 bits per heavy atom. The average molecular weight is 403 g/mol. The van der Waals surface area contributed by atoms with E-state index in [-0.39, 0.29) is 0 Å². The Hall–Kier alpha value is -2.06. The van der Waals surface area contributed by atoms with Gasteiger partial charge in [-0.1, -0.05) is 18.2 Å². The zero-order valence-corrected chi connectivity index (χ0v) is 18.0. The molecular weight excluding hydrogens is 372 g/mol. The Bertz CT molecular complexity index is 678. The van der Waals surface area contributed by atoms with Gasteiger partial charge in [-0.3, -0.25) is 0 Å². The van der Waals surface area contributed by atoms with Crippen molar-refractivity contribution in [3.8, 4) is 5.75 Å². The third kappa shape index (κ3) is 7.51. The van der Waals surface area contributed by atoms with E-state index in [1.54, 1.807) is 0 Å². The van der Waals surface area contributed by atoms with Crippen LogP contribution in [0.4, 0.5) is 11.4 Å². The molecule has 7 heteroatoms. The molecule has 6 nitrogen and oxygen atoms in total. The van der Waals surface area contributed by atoms with Gasteiger partial charge in [0.05, 0.1) is 18.0 Å². The lowest BCUT2D eigenvalue weighted by Crippen LogP contribution is -2.46. The Labute approximate surface area is 168 Å². The van der Waals surface area contributed by atoms with Gasteiger partial charge in [0, 0.05) is 25.9 Å². The van der Waals surface area contributed by atoms with E-state index in [4.69, 9.17) is 18.0 Å². The highest BCUT2D eigenvalue weighted by Crippen LogP contribution is 2.22. The Morgan fingerprint density at radius 2 is 1.25 bits per heavy atom. The molecule has 0 fully saturated rings. The van der Waals surface area contributed by atoms with E-state index >= 15 is 0 Å². The van der Waals surface area contributed by atoms with Crippen LogP contribution < -0.4 is 4.74 Å². The van der Waals surface area contributed by atoms with Crippen molar-refractivity contribution in [2.24, 2.45) is 10.2 Å². The largest absolute Gasteiger partial charge is 0.501 e. The molecule has 0 spiro atoms. The molecule has 2 aromatic rings. The van der Waals surface area contributed by atoms with E-state index in [1.165, 1.54) is 0 Å². The predicted molar refractivity (Wildman–Crippen MR) is 113 cm³/mol. The molecule has 0 radical (unpaired) electrons. The van der Waals surface area contributed by atoms with Crippen molar-refractivity contribution < 1.29 is 18.0 Å². The third-order valence-corrected chi connectivity index (χ3v) is 7.01. The van der Waals surface area contributed by atoms with Gasteiger partial charge < -0.3 is 18.0 Å². The number of rotatable bonds is 13. The molecule has 0 N–H and O–H groups in total. The van der Waals surface area contributed by atoms with Crippen molar-refractivity contribution in [3.63, 3.8) is 0 Å². The van der Waals surface area contributed by atoms with Gasteiger partial charge in [0.15, 0.2) is 0 Å². The molecule has 0 saturated carbocycles. The Balaban J connectivity index is 1.81. The number of ether oxygens (including phenoxy) is 1. The zero-order chi connectivity index (χ0) is 20.1. The van der Waals surface area contributed by atoms with Crippen LogP contribution in [0.25, 0.3) is 0 Å². The summed E-state index contributed by atoms with van der Waals surface area (Å²) in [5, 5.41) is 8.44. The van der Waals surface area contributed by atoms with Gasteiger partial charge in [-0.2, -0.15) is 10.2 Å². The first-order chi connectivity index (χ1) is 13.7. The summed E-state index contributed by atoms with van der Waals surface area (Å²) in [7, 11) is -2.59. The minimum Gasteiger partial charge on any atom is -0.494 e. The molecule has 0 atom stereocenters. The molecule has 2 aromatic carbocycles. The van der Waals surface area contributed by atoms with Crippen molar-refractivity contribution in [2.45, 2.75) is 33.2 Å². The summed E-state index contributed by atoms with van der Waals surface area (Å²) in [5.41, 5.74) is 1.61. The lowest BCUT2D eigenvalue weighted by Gasteiger charge is -2.28. The number of azo groups is 1. The van der Waals surface area contributed by atoms with Crippen LogP contribution in [-0.2, 0) is 13.3 Å². The summed E-state index contributed by atoms with van der Waals surface area (Å²) in [6, 6.07) is 18.0. The number of nitrogens with zero attached hydrogens (tertiary/aromatic N) is 2. The highest BCUT2D eigenvalue weighted by Gasteiger charge is 2.39. The molecule has 0 amide bonds. The van der Waals surface area contributed by atoms with Gasteiger partial charge in [-0.05, 0) is 63.6 Å². The third-order valence-electron chi connectivity index (χ3n) is 3.86. The Kier molecular flexibility index (Phi) is 9.85. The van der Waals surface area contributed by atoms with Crippen molar-refractivity contribution in [3.05, 3.63) is 54.6 Å². The van der Waals surface area contributed by atoms with E-state index in [1.807, 2.05) is 75.4 Å². The van der Waals surface area contributed by atoms with Gasteiger partial charge in [-0.15, -0.1) is 0 Å². The molecule has 152 valence electrons. The smallest absolute Gasteiger partial charge is 0.494 e. The highest BCUT2D eigenvalue weighted by atomic mass is 28.4. The molecule has 0 unspecified atom stereocenters. The van der Waals surface area contributed by atoms with Gasteiger partial charge in [-0.25, -0.2) is 0 Å². The van der Waals surface area contributed by atoms with Crippen LogP contribution in [0.15, 0.2) is 64.8 Å². The van der Waals surface area contributed by atoms with Crippen molar-refractivity contribution in [1.29, 1.82) is 0 Å².